The van der Waals surface area contributed by atoms with E-state index in [9.17, 15) is 4.79 Å². The molecule has 0 aliphatic heterocycles. The van der Waals surface area contributed by atoms with Gasteiger partial charge in [-0.3, -0.25) is 15.6 Å². The van der Waals surface area contributed by atoms with Crippen molar-refractivity contribution in [2.24, 2.45) is 0 Å². The number of ether oxygens (including phenoxy) is 1. The maximum Gasteiger partial charge on any atom is 0.279 e. The smallest absolute Gasteiger partial charge is 0.279 e. The van der Waals surface area contributed by atoms with Crippen LogP contribution in [0.5, 0.6) is 5.75 Å². The van der Waals surface area contributed by atoms with Gasteiger partial charge in [-0.2, -0.15) is 0 Å². The molecule has 0 saturated heterocycles. The summed E-state index contributed by atoms with van der Waals surface area (Å²) in [7, 11) is 1.65. The number of hydrogen-bond donors (Lipinski definition) is 3. The number of benzene rings is 1. The number of aryl methyl sites for hydroxylation is 1. The van der Waals surface area contributed by atoms with Crippen molar-refractivity contribution < 1.29 is 9.53 Å². The molecule has 5 nitrogen and oxygen atoms in total. The van der Waals surface area contributed by atoms with Gasteiger partial charge in [0, 0.05) is 12.1 Å². The second-order valence-corrected chi connectivity index (χ2v) is 4.71. The van der Waals surface area contributed by atoms with E-state index >= 15 is 0 Å². The molecule has 0 spiro atoms. The molecule has 0 fully saturated rings. The van der Waals surface area contributed by atoms with E-state index in [1.54, 1.807) is 32.2 Å². The van der Waals surface area contributed by atoms with Crippen LogP contribution in [0, 0.1) is 6.92 Å². The quantitative estimate of drug-likeness (QED) is 0.584. The highest BCUT2D eigenvalue weighted by atomic mass is 35.5. The van der Waals surface area contributed by atoms with E-state index in [4.69, 9.17) is 28.6 Å². The molecule has 19 heavy (non-hydrogen) atoms. The Kier molecular flexibility index (Phi) is 5.85. The third-order valence-electron chi connectivity index (χ3n) is 2.34. The molecular weight excluding hydrogens is 286 g/mol. The van der Waals surface area contributed by atoms with Gasteiger partial charge in [-0.1, -0.05) is 11.6 Å². The first kappa shape index (κ1) is 15.5. The largest absolute Gasteiger partial charge is 0.481 e. The van der Waals surface area contributed by atoms with Crippen LogP contribution in [0.4, 0.5) is 0 Å². The molecule has 0 heterocycles. The van der Waals surface area contributed by atoms with Crippen molar-refractivity contribution in [2.45, 2.75) is 20.0 Å². The van der Waals surface area contributed by atoms with Crippen molar-refractivity contribution in [3.8, 4) is 5.75 Å². The number of hydrogen-bond acceptors (Lipinski definition) is 3. The fraction of sp³-hybridized carbons (Fsp3) is 0.333. The number of carbonyl (C=O) groups is 1. The Morgan fingerprint density at radius 2 is 2.11 bits per heavy atom. The molecular formula is C12H16ClN3O2S. The summed E-state index contributed by atoms with van der Waals surface area (Å²) < 4.78 is 5.55. The fourth-order valence-electron chi connectivity index (χ4n) is 1.27. The van der Waals surface area contributed by atoms with Crippen LogP contribution in [0.3, 0.4) is 0 Å². The van der Waals surface area contributed by atoms with Crippen molar-refractivity contribution in [3.05, 3.63) is 28.8 Å². The van der Waals surface area contributed by atoms with Crippen LogP contribution in [0.2, 0.25) is 5.02 Å². The number of amides is 1. The molecule has 0 radical (unpaired) electrons. The summed E-state index contributed by atoms with van der Waals surface area (Å²) in [6.45, 7) is 3.51. The minimum atomic E-state index is -0.660. The van der Waals surface area contributed by atoms with Crippen molar-refractivity contribution in [1.29, 1.82) is 0 Å². The molecule has 0 aliphatic carbocycles. The second-order valence-electron chi connectivity index (χ2n) is 3.86. The van der Waals surface area contributed by atoms with Gasteiger partial charge >= 0.3 is 0 Å². The van der Waals surface area contributed by atoms with Crippen molar-refractivity contribution in [1.82, 2.24) is 16.2 Å². The number of carbonyl (C=O) groups excluding carboxylic acids is 1. The molecule has 1 rings (SSSR count). The van der Waals surface area contributed by atoms with E-state index in [0.717, 1.165) is 5.56 Å². The number of rotatable bonds is 3. The maximum atomic E-state index is 11.7. The lowest BCUT2D eigenvalue weighted by Crippen LogP contribution is -2.49. The molecule has 1 aromatic rings. The highest BCUT2D eigenvalue weighted by Crippen LogP contribution is 2.22. The molecule has 104 valence electrons. The maximum absolute atomic E-state index is 11.7. The Hall–Kier alpha value is -1.53. The summed E-state index contributed by atoms with van der Waals surface area (Å²) >= 11 is 10.7. The zero-order chi connectivity index (χ0) is 14.4. The normalized spacial score (nSPS) is 11.4. The Bertz CT molecular complexity index is 482. The molecule has 0 aromatic heterocycles. The average molecular weight is 302 g/mol. The van der Waals surface area contributed by atoms with Gasteiger partial charge in [-0.15, -0.1) is 0 Å². The molecule has 1 aromatic carbocycles. The zero-order valence-electron chi connectivity index (χ0n) is 10.9. The molecule has 0 unspecified atom stereocenters. The van der Waals surface area contributed by atoms with Gasteiger partial charge in [0.1, 0.15) is 5.75 Å². The minimum Gasteiger partial charge on any atom is -0.481 e. The zero-order valence-corrected chi connectivity index (χ0v) is 12.5. The SMILES string of the molecule is CNC(=S)NNC(=O)[C@@H](C)Oc1ccc(Cl)cc1C. The summed E-state index contributed by atoms with van der Waals surface area (Å²) in [4.78, 5) is 11.7. The van der Waals surface area contributed by atoms with E-state index in [1.165, 1.54) is 0 Å². The van der Waals surface area contributed by atoms with Gasteiger partial charge in [0.25, 0.3) is 5.91 Å². The molecule has 1 atom stereocenters. The predicted molar refractivity (Wildman–Crippen MR) is 79.2 cm³/mol. The van der Waals surface area contributed by atoms with Gasteiger partial charge < -0.3 is 10.1 Å². The summed E-state index contributed by atoms with van der Waals surface area (Å²) in [5.74, 6) is 0.287. The van der Waals surface area contributed by atoms with Gasteiger partial charge in [-0.05, 0) is 49.8 Å². The predicted octanol–water partition coefficient (Wildman–Crippen LogP) is 1.54. The monoisotopic (exact) mass is 301 g/mol. The summed E-state index contributed by atoms with van der Waals surface area (Å²) in [6, 6.07) is 5.21. The molecule has 0 bridgehead atoms. The van der Waals surface area contributed by atoms with Crippen LogP contribution < -0.4 is 20.9 Å². The number of nitrogens with one attached hydrogen (secondary N) is 3. The lowest BCUT2D eigenvalue weighted by atomic mass is 10.2. The third kappa shape index (κ3) is 4.92. The van der Waals surface area contributed by atoms with Crippen LogP contribution in [0.15, 0.2) is 18.2 Å². The van der Waals surface area contributed by atoms with E-state index < -0.39 is 6.10 Å². The van der Waals surface area contributed by atoms with Crippen molar-refractivity contribution in [3.63, 3.8) is 0 Å². The van der Waals surface area contributed by atoms with Crippen LogP contribution in [-0.4, -0.2) is 24.2 Å². The van der Waals surface area contributed by atoms with E-state index in [1.807, 2.05) is 6.92 Å². The summed E-state index contributed by atoms with van der Waals surface area (Å²) in [5, 5.41) is 3.62. The summed E-state index contributed by atoms with van der Waals surface area (Å²) in [6.07, 6.45) is -0.660. The summed E-state index contributed by atoms with van der Waals surface area (Å²) in [5.41, 5.74) is 5.85. The fourth-order valence-corrected chi connectivity index (χ4v) is 1.55. The molecule has 7 heteroatoms. The van der Waals surface area contributed by atoms with Gasteiger partial charge in [0.05, 0.1) is 0 Å². The lowest BCUT2D eigenvalue weighted by molar-refractivity contribution is -0.127. The van der Waals surface area contributed by atoms with Gasteiger partial charge in [0.15, 0.2) is 11.2 Å². The Balaban J connectivity index is 2.56. The second kappa shape index (κ2) is 7.16. The first-order chi connectivity index (χ1) is 8.93. The molecule has 1 amide bonds. The highest BCUT2D eigenvalue weighted by Gasteiger charge is 2.15. The molecule has 3 N–H and O–H groups in total. The standard InChI is InChI=1S/C12H16ClN3O2S/c1-7-6-9(13)4-5-10(7)18-8(2)11(17)15-16-12(19)14-3/h4-6,8H,1-3H3,(H,15,17)(H2,14,16,19)/t8-/m1/s1. The Morgan fingerprint density at radius 3 is 2.68 bits per heavy atom. The topological polar surface area (TPSA) is 62.4 Å². The molecule has 0 saturated carbocycles. The highest BCUT2D eigenvalue weighted by molar-refractivity contribution is 7.80. The van der Waals surface area contributed by atoms with Crippen LogP contribution in [0.25, 0.3) is 0 Å². The van der Waals surface area contributed by atoms with Crippen molar-refractivity contribution in [2.75, 3.05) is 7.05 Å². The molecule has 0 aliphatic rings. The first-order valence-corrected chi connectivity index (χ1v) is 6.43. The van der Waals surface area contributed by atoms with E-state index in [2.05, 4.69) is 16.2 Å². The van der Waals surface area contributed by atoms with E-state index in [0.29, 0.717) is 15.9 Å². The lowest BCUT2D eigenvalue weighted by Gasteiger charge is -2.17. The third-order valence-corrected chi connectivity index (χ3v) is 2.88. The van der Waals surface area contributed by atoms with Gasteiger partial charge in [0.2, 0.25) is 0 Å². The van der Waals surface area contributed by atoms with Crippen LogP contribution in [0.1, 0.15) is 12.5 Å². The van der Waals surface area contributed by atoms with Crippen LogP contribution >= 0.6 is 23.8 Å². The van der Waals surface area contributed by atoms with Crippen LogP contribution in [-0.2, 0) is 4.79 Å². The van der Waals surface area contributed by atoms with Gasteiger partial charge in [-0.25, -0.2) is 0 Å². The number of hydrazine groups is 1. The first-order valence-electron chi connectivity index (χ1n) is 5.64. The minimum absolute atomic E-state index is 0.322. The van der Waals surface area contributed by atoms with Crippen molar-refractivity contribution >= 4 is 34.8 Å². The Morgan fingerprint density at radius 1 is 1.42 bits per heavy atom. The number of thiocarbonyl (C=S) groups is 1. The average Bonchev–Trinajstić information content (AvgIpc) is 2.38. The van der Waals surface area contributed by atoms with E-state index in [-0.39, 0.29) is 5.91 Å². The number of halogens is 1. The Labute approximate surface area is 122 Å².